The van der Waals surface area contributed by atoms with Crippen LogP contribution in [0, 0.1) is 0 Å². The smallest absolute Gasteiger partial charge is 0.330 e. The minimum atomic E-state index is -0.333. The van der Waals surface area contributed by atoms with Crippen LogP contribution in [0.15, 0.2) is 29.0 Å². The molecule has 4 heteroatoms. The lowest BCUT2D eigenvalue weighted by molar-refractivity contribution is -0.137. The summed E-state index contributed by atoms with van der Waals surface area (Å²) in [5.74, 6) is -0.333. The van der Waals surface area contributed by atoms with Crippen LogP contribution in [0.4, 0.5) is 0 Å². The molecule has 1 rings (SSSR count). The van der Waals surface area contributed by atoms with Crippen molar-refractivity contribution in [3.05, 3.63) is 34.6 Å². The molecule has 1 heterocycles. The van der Waals surface area contributed by atoms with Gasteiger partial charge in [-0.1, -0.05) is 0 Å². The maximum absolute atomic E-state index is 11.0. The molecule has 14 heavy (non-hydrogen) atoms. The Morgan fingerprint density at radius 3 is 3.14 bits per heavy atom. The number of carbonyl (C=O) groups is 1. The van der Waals surface area contributed by atoms with Crippen LogP contribution in [0.25, 0.3) is 6.08 Å². The molecule has 0 atom stereocenters. The molecule has 0 saturated carbocycles. The van der Waals surface area contributed by atoms with Gasteiger partial charge in [0.25, 0.3) is 0 Å². The lowest BCUT2D eigenvalue weighted by Crippen LogP contribution is -1.98. The molecule has 0 N–H and O–H groups in total. The summed E-state index contributed by atoms with van der Waals surface area (Å²) in [6, 6.07) is 3.62. The molecule has 1 aromatic heterocycles. The summed E-state index contributed by atoms with van der Waals surface area (Å²) >= 11 is 3.24. The number of hydrogen-bond acceptors (Lipinski definition) is 3. The highest BCUT2D eigenvalue weighted by molar-refractivity contribution is 9.10. The van der Waals surface area contributed by atoms with E-state index in [0.717, 1.165) is 10.2 Å². The van der Waals surface area contributed by atoms with Gasteiger partial charge in [-0.05, 0) is 46.6 Å². The van der Waals surface area contributed by atoms with E-state index >= 15 is 0 Å². The van der Waals surface area contributed by atoms with Crippen LogP contribution in [-0.2, 0) is 9.53 Å². The Kier molecular flexibility index (Phi) is 4.32. The molecule has 74 valence electrons. The molecular weight excluding hydrogens is 246 g/mol. The first-order valence-corrected chi connectivity index (χ1v) is 4.98. The van der Waals surface area contributed by atoms with Crippen LogP contribution in [0.1, 0.15) is 12.5 Å². The summed E-state index contributed by atoms with van der Waals surface area (Å²) in [6.07, 6.45) is 4.74. The van der Waals surface area contributed by atoms with Gasteiger partial charge in [0.1, 0.15) is 4.60 Å². The Labute approximate surface area is 90.9 Å². The minimum absolute atomic E-state index is 0.333. The number of ether oxygens (including phenoxy) is 1. The first kappa shape index (κ1) is 10.9. The van der Waals surface area contributed by atoms with E-state index in [-0.39, 0.29) is 5.97 Å². The standard InChI is InChI=1S/C10H10BrNO2/c1-2-14-10(13)4-3-8-5-6-12-9(11)7-8/h3-7H,2H2,1H3. The predicted molar refractivity (Wildman–Crippen MR) is 57.6 cm³/mol. The fourth-order valence-electron chi connectivity index (χ4n) is 0.876. The highest BCUT2D eigenvalue weighted by Gasteiger charge is 1.94. The van der Waals surface area contributed by atoms with E-state index in [1.165, 1.54) is 6.08 Å². The van der Waals surface area contributed by atoms with E-state index in [1.54, 1.807) is 25.3 Å². The summed E-state index contributed by atoms with van der Waals surface area (Å²) in [6.45, 7) is 2.16. The van der Waals surface area contributed by atoms with Crippen LogP contribution in [0.3, 0.4) is 0 Å². The summed E-state index contributed by atoms with van der Waals surface area (Å²) in [5.41, 5.74) is 0.903. The summed E-state index contributed by atoms with van der Waals surface area (Å²) in [7, 11) is 0. The zero-order valence-electron chi connectivity index (χ0n) is 7.74. The Hall–Kier alpha value is -1.16. The van der Waals surface area contributed by atoms with Crippen molar-refractivity contribution in [2.45, 2.75) is 6.92 Å². The topological polar surface area (TPSA) is 39.2 Å². The predicted octanol–water partition coefficient (Wildman–Crippen LogP) is 2.42. The van der Waals surface area contributed by atoms with Gasteiger partial charge in [0, 0.05) is 12.3 Å². The van der Waals surface area contributed by atoms with Crippen molar-refractivity contribution in [3.63, 3.8) is 0 Å². The molecule has 0 aliphatic rings. The average molecular weight is 256 g/mol. The minimum Gasteiger partial charge on any atom is -0.463 e. The van der Waals surface area contributed by atoms with E-state index in [0.29, 0.717) is 6.61 Å². The number of nitrogens with zero attached hydrogens (tertiary/aromatic N) is 1. The number of halogens is 1. The third-order valence-corrected chi connectivity index (χ3v) is 1.88. The molecule has 0 radical (unpaired) electrons. The third-order valence-electron chi connectivity index (χ3n) is 1.45. The van der Waals surface area contributed by atoms with Crippen molar-refractivity contribution in [3.8, 4) is 0 Å². The second-order valence-electron chi connectivity index (χ2n) is 2.50. The van der Waals surface area contributed by atoms with Gasteiger partial charge in [-0.2, -0.15) is 0 Å². The number of esters is 1. The fourth-order valence-corrected chi connectivity index (χ4v) is 1.26. The Morgan fingerprint density at radius 2 is 2.50 bits per heavy atom. The monoisotopic (exact) mass is 255 g/mol. The van der Waals surface area contributed by atoms with Crippen molar-refractivity contribution in [2.75, 3.05) is 6.61 Å². The van der Waals surface area contributed by atoms with Gasteiger partial charge in [-0.25, -0.2) is 9.78 Å². The molecule has 0 amide bonds. The van der Waals surface area contributed by atoms with Gasteiger partial charge in [-0.15, -0.1) is 0 Å². The van der Waals surface area contributed by atoms with Crippen LogP contribution in [0.2, 0.25) is 0 Å². The molecule has 0 unspecified atom stereocenters. The molecule has 0 aliphatic carbocycles. The number of carbonyl (C=O) groups excluding carboxylic acids is 1. The SMILES string of the molecule is CCOC(=O)C=Cc1ccnc(Br)c1. The molecule has 0 fully saturated rings. The van der Waals surface area contributed by atoms with E-state index in [1.807, 2.05) is 6.07 Å². The van der Waals surface area contributed by atoms with E-state index in [4.69, 9.17) is 4.74 Å². The lowest BCUT2D eigenvalue weighted by atomic mass is 10.2. The number of aromatic nitrogens is 1. The molecular formula is C10H10BrNO2. The van der Waals surface area contributed by atoms with Gasteiger partial charge in [0.2, 0.25) is 0 Å². The van der Waals surface area contributed by atoms with Gasteiger partial charge in [0.15, 0.2) is 0 Å². The number of rotatable bonds is 3. The first-order valence-electron chi connectivity index (χ1n) is 4.18. The zero-order chi connectivity index (χ0) is 10.4. The summed E-state index contributed by atoms with van der Waals surface area (Å²) in [5, 5.41) is 0. The molecule has 0 spiro atoms. The van der Waals surface area contributed by atoms with Crippen molar-refractivity contribution < 1.29 is 9.53 Å². The van der Waals surface area contributed by atoms with E-state index < -0.39 is 0 Å². The molecule has 0 aromatic carbocycles. The van der Waals surface area contributed by atoms with Crippen molar-refractivity contribution in [1.82, 2.24) is 4.98 Å². The lowest BCUT2D eigenvalue weighted by Gasteiger charge is -1.95. The summed E-state index contributed by atoms with van der Waals surface area (Å²) < 4.78 is 5.48. The first-order chi connectivity index (χ1) is 6.72. The van der Waals surface area contributed by atoms with E-state index in [9.17, 15) is 4.79 Å². The maximum atomic E-state index is 11.0. The van der Waals surface area contributed by atoms with Crippen LogP contribution < -0.4 is 0 Å². The van der Waals surface area contributed by atoms with Crippen LogP contribution >= 0.6 is 15.9 Å². The highest BCUT2D eigenvalue weighted by atomic mass is 79.9. The normalized spacial score (nSPS) is 10.4. The molecule has 3 nitrogen and oxygen atoms in total. The van der Waals surface area contributed by atoms with Gasteiger partial charge in [-0.3, -0.25) is 0 Å². The molecule has 0 saturated heterocycles. The number of hydrogen-bond donors (Lipinski definition) is 0. The second-order valence-corrected chi connectivity index (χ2v) is 3.31. The summed E-state index contributed by atoms with van der Waals surface area (Å²) in [4.78, 5) is 14.9. The molecule has 0 bridgehead atoms. The van der Waals surface area contributed by atoms with Crippen LogP contribution in [-0.4, -0.2) is 17.6 Å². The Balaban J connectivity index is 2.64. The maximum Gasteiger partial charge on any atom is 0.330 e. The highest BCUT2D eigenvalue weighted by Crippen LogP contribution is 2.09. The van der Waals surface area contributed by atoms with Crippen molar-refractivity contribution in [1.29, 1.82) is 0 Å². The Bertz CT molecular complexity index is 350. The van der Waals surface area contributed by atoms with Gasteiger partial charge in [0.05, 0.1) is 6.61 Å². The second kappa shape index (κ2) is 5.54. The largest absolute Gasteiger partial charge is 0.463 e. The van der Waals surface area contributed by atoms with Gasteiger partial charge >= 0.3 is 5.97 Å². The average Bonchev–Trinajstić information content (AvgIpc) is 2.15. The third kappa shape index (κ3) is 3.70. The zero-order valence-corrected chi connectivity index (χ0v) is 9.32. The van der Waals surface area contributed by atoms with Crippen LogP contribution in [0.5, 0.6) is 0 Å². The van der Waals surface area contributed by atoms with Crippen molar-refractivity contribution in [2.24, 2.45) is 0 Å². The van der Waals surface area contributed by atoms with Crippen molar-refractivity contribution >= 4 is 28.0 Å². The molecule has 0 aliphatic heterocycles. The quantitative estimate of drug-likeness (QED) is 0.473. The Morgan fingerprint density at radius 1 is 1.71 bits per heavy atom. The fraction of sp³-hybridized carbons (Fsp3) is 0.200. The van der Waals surface area contributed by atoms with Gasteiger partial charge < -0.3 is 4.74 Å². The molecule has 1 aromatic rings. The number of pyridine rings is 1. The van der Waals surface area contributed by atoms with E-state index in [2.05, 4.69) is 20.9 Å².